The van der Waals surface area contributed by atoms with E-state index in [4.69, 9.17) is 4.74 Å². The van der Waals surface area contributed by atoms with E-state index in [1.165, 1.54) is 24.0 Å². The minimum atomic E-state index is -0.120. The number of likely N-dealkylation sites (tertiary alicyclic amines) is 1. The van der Waals surface area contributed by atoms with Crippen LogP contribution in [0.5, 0.6) is 5.75 Å². The van der Waals surface area contributed by atoms with Crippen molar-refractivity contribution in [2.75, 3.05) is 13.1 Å². The molecule has 0 unspecified atom stereocenters. The van der Waals surface area contributed by atoms with E-state index in [1.54, 1.807) is 0 Å². The van der Waals surface area contributed by atoms with Gasteiger partial charge in [0, 0.05) is 19.1 Å². The highest BCUT2D eigenvalue weighted by molar-refractivity contribution is 5.36. The third-order valence-corrected chi connectivity index (χ3v) is 5.28. The predicted molar refractivity (Wildman–Crippen MR) is 89.4 cm³/mol. The molecule has 2 fully saturated rings. The minimum absolute atomic E-state index is 0.120. The van der Waals surface area contributed by atoms with Gasteiger partial charge in [-0.1, -0.05) is 25.0 Å². The van der Waals surface area contributed by atoms with Gasteiger partial charge in [-0.05, 0) is 56.7 Å². The molecule has 2 aliphatic rings. The summed E-state index contributed by atoms with van der Waals surface area (Å²) in [5.74, 6) is 1.04. The molecule has 0 aromatic heterocycles. The summed E-state index contributed by atoms with van der Waals surface area (Å²) < 4.78 is 6.24. The van der Waals surface area contributed by atoms with Gasteiger partial charge in [-0.3, -0.25) is 4.90 Å². The second-order valence-corrected chi connectivity index (χ2v) is 7.04. The van der Waals surface area contributed by atoms with Gasteiger partial charge in [-0.25, -0.2) is 0 Å². The van der Waals surface area contributed by atoms with Crippen molar-refractivity contribution in [2.45, 2.75) is 70.6 Å². The molecule has 0 bridgehead atoms. The van der Waals surface area contributed by atoms with Crippen molar-refractivity contribution in [3.63, 3.8) is 0 Å². The molecule has 1 heterocycles. The van der Waals surface area contributed by atoms with Crippen LogP contribution in [0.25, 0.3) is 0 Å². The van der Waals surface area contributed by atoms with Crippen LogP contribution in [0, 0.1) is 13.8 Å². The lowest BCUT2D eigenvalue weighted by Gasteiger charge is -2.41. The lowest BCUT2D eigenvalue weighted by atomic mass is 9.90. The van der Waals surface area contributed by atoms with Crippen molar-refractivity contribution in [3.05, 3.63) is 29.3 Å². The van der Waals surface area contributed by atoms with Crippen molar-refractivity contribution < 1.29 is 9.84 Å². The van der Waals surface area contributed by atoms with Gasteiger partial charge >= 0.3 is 0 Å². The molecule has 0 amide bonds. The zero-order chi connectivity index (χ0) is 15.5. The maximum atomic E-state index is 10.2. The Morgan fingerprint density at radius 2 is 1.77 bits per heavy atom. The average molecular weight is 303 g/mol. The van der Waals surface area contributed by atoms with E-state index in [2.05, 4.69) is 36.9 Å². The summed E-state index contributed by atoms with van der Waals surface area (Å²) in [7, 11) is 0. The highest BCUT2D eigenvalue weighted by Crippen LogP contribution is 2.28. The first-order valence-electron chi connectivity index (χ1n) is 8.79. The van der Waals surface area contributed by atoms with Gasteiger partial charge in [0.05, 0.1) is 6.10 Å². The molecule has 1 aliphatic carbocycles. The molecule has 3 heteroatoms. The summed E-state index contributed by atoms with van der Waals surface area (Å²) in [6.07, 6.45) is 6.91. The number of hydrogen-bond donors (Lipinski definition) is 1. The number of hydrogen-bond acceptors (Lipinski definition) is 3. The Labute approximate surface area is 134 Å². The van der Waals surface area contributed by atoms with Gasteiger partial charge in [0.25, 0.3) is 0 Å². The number of ether oxygens (including phenoxy) is 1. The van der Waals surface area contributed by atoms with E-state index in [0.717, 1.165) is 44.5 Å². The maximum Gasteiger partial charge on any atom is 0.122 e. The van der Waals surface area contributed by atoms with Crippen LogP contribution < -0.4 is 4.74 Å². The topological polar surface area (TPSA) is 32.7 Å². The number of aryl methyl sites for hydroxylation is 2. The maximum absolute atomic E-state index is 10.2. The van der Waals surface area contributed by atoms with Crippen LogP contribution >= 0.6 is 0 Å². The zero-order valence-corrected chi connectivity index (χ0v) is 13.9. The van der Waals surface area contributed by atoms with E-state index in [-0.39, 0.29) is 6.10 Å². The van der Waals surface area contributed by atoms with E-state index >= 15 is 0 Å². The van der Waals surface area contributed by atoms with Crippen molar-refractivity contribution in [3.8, 4) is 5.75 Å². The fourth-order valence-electron chi connectivity index (χ4n) is 3.86. The molecule has 1 aromatic carbocycles. The Bertz CT molecular complexity index is 494. The standard InChI is InChI=1S/C19H29NO2/c1-14-7-8-15(2)19(13-14)22-16-9-11-20(12-10-16)17-5-3-4-6-18(17)21/h7-8,13,16-18,21H,3-6,9-12H2,1-2H3/t17-,18+/m0/s1. The lowest BCUT2D eigenvalue weighted by molar-refractivity contribution is -0.00701. The van der Waals surface area contributed by atoms with Gasteiger partial charge in [0.15, 0.2) is 0 Å². The molecule has 3 nitrogen and oxygen atoms in total. The number of piperidine rings is 1. The molecule has 1 N–H and O–H groups in total. The van der Waals surface area contributed by atoms with Crippen LogP contribution in [0.15, 0.2) is 18.2 Å². The first-order valence-corrected chi connectivity index (χ1v) is 8.79. The minimum Gasteiger partial charge on any atom is -0.490 e. The van der Waals surface area contributed by atoms with Gasteiger partial charge in [-0.2, -0.15) is 0 Å². The Morgan fingerprint density at radius 1 is 1.05 bits per heavy atom. The van der Waals surface area contributed by atoms with Gasteiger partial charge in [0.1, 0.15) is 11.9 Å². The highest BCUT2D eigenvalue weighted by atomic mass is 16.5. The van der Waals surface area contributed by atoms with Gasteiger partial charge in [-0.15, -0.1) is 0 Å². The van der Waals surface area contributed by atoms with Crippen LogP contribution in [-0.4, -0.2) is 41.3 Å². The molecule has 2 atom stereocenters. The summed E-state index contributed by atoms with van der Waals surface area (Å²) in [6.45, 7) is 6.33. The van der Waals surface area contributed by atoms with E-state index in [1.807, 2.05) is 0 Å². The lowest BCUT2D eigenvalue weighted by Crippen LogP contribution is -2.50. The van der Waals surface area contributed by atoms with Crippen molar-refractivity contribution in [1.82, 2.24) is 4.90 Å². The molecule has 122 valence electrons. The van der Waals surface area contributed by atoms with Crippen molar-refractivity contribution >= 4 is 0 Å². The van der Waals surface area contributed by atoms with E-state index < -0.39 is 0 Å². The SMILES string of the molecule is Cc1ccc(C)c(OC2CCN([C@H]3CCCC[C@H]3O)CC2)c1. The monoisotopic (exact) mass is 303 g/mol. The number of nitrogens with zero attached hydrogens (tertiary/aromatic N) is 1. The Kier molecular flexibility index (Phi) is 5.04. The normalized spacial score (nSPS) is 27.8. The van der Waals surface area contributed by atoms with Crippen LogP contribution in [0.2, 0.25) is 0 Å². The molecule has 1 aliphatic heterocycles. The molecule has 0 radical (unpaired) electrons. The van der Waals surface area contributed by atoms with Gasteiger partial charge in [0.2, 0.25) is 0 Å². The average Bonchev–Trinajstić information content (AvgIpc) is 2.52. The van der Waals surface area contributed by atoms with Gasteiger partial charge < -0.3 is 9.84 Å². The Hall–Kier alpha value is -1.06. The van der Waals surface area contributed by atoms with Crippen LogP contribution in [0.4, 0.5) is 0 Å². The number of aliphatic hydroxyl groups is 1. The zero-order valence-electron chi connectivity index (χ0n) is 13.9. The summed E-state index contributed by atoms with van der Waals surface area (Å²) >= 11 is 0. The molecule has 1 aromatic rings. The first-order chi connectivity index (χ1) is 10.6. The number of rotatable bonds is 3. The largest absolute Gasteiger partial charge is 0.490 e. The second kappa shape index (κ2) is 7.01. The summed E-state index contributed by atoms with van der Waals surface area (Å²) in [5.41, 5.74) is 2.47. The summed E-state index contributed by atoms with van der Waals surface area (Å²) in [6, 6.07) is 6.80. The number of aliphatic hydroxyl groups excluding tert-OH is 1. The summed E-state index contributed by atoms with van der Waals surface area (Å²) in [4.78, 5) is 2.49. The third kappa shape index (κ3) is 3.64. The first kappa shape index (κ1) is 15.8. The second-order valence-electron chi connectivity index (χ2n) is 7.04. The molecule has 1 saturated heterocycles. The molecular formula is C19H29NO2. The molecule has 1 saturated carbocycles. The smallest absolute Gasteiger partial charge is 0.122 e. The summed E-state index contributed by atoms with van der Waals surface area (Å²) in [5, 5.41) is 10.2. The van der Waals surface area contributed by atoms with Crippen LogP contribution in [0.3, 0.4) is 0 Å². The quantitative estimate of drug-likeness (QED) is 0.928. The number of benzene rings is 1. The van der Waals surface area contributed by atoms with Crippen LogP contribution in [0.1, 0.15) is 49.7 Å². The van der Waals surface area contributed by atoms with Crippen molar-refractivity contribution in [1.29, 1.82) is 0 Å². The Morgan fingerprint density at radius 3 is 2.50 bits per heavy atom. The van der Waals surface area contributed by atoms with E-state index in [9.17, 15) is 5.11 Å². The van der Waals surface area contributed by atoms with Crippen LogP contribution in [-0.2, 0) is 0 Å². The van der Waals surface area contributed by atoms with E-state index in [0.29, 0.717) is 12.1 Å². The third-order valence-electron chi connectivity index (χ3n) is 5.28. The fourth-order valence-corrected chi connectivity index (χ4v) is 3.86. The molecule has 3 rings (SSSR count). The Balaban J connectivity index is 1.54. The molecule has 0 spiro atoms. The molecular weight excluding hydrogens is 274 g/mol. The molecule has 22 heavy (non-hydrogen) atoms. The predicted octanol–water partition coefficient (Wildman–Crippen LogP) is 3.45. The van der Waals surface area contributed by atoms with Crippen molar-refractivity contribution in [2.24, 2.45) is 0 Å². The highest BCUT2D eigenvalue weighted by Gasteiger charge is 2.31. The fraction of sp³-hybridized carbons (Fsp3) is 0.684.